The molecule has 0 heterocycles. The second kappa shape index (κ2) is 6.85. The lowest BCUT2D eigenvalue weighted by Crippen LogP contribution is -2.20. The fourth-order valence-corrected chi connectivity index (χ4v) is 0.722. The Morgan fingerprint density at radius 2 is 2.33 bits per heavy atom. The van der Waals surface area contributed by atoms with E-state index in [2.05, 4.69) is 6.58 Å². The molecular weight excluding hydrogens is 156 g/mol. The Morgan fingerprint density at radius 1 is 1.67 bits per heavy atom. The zero-order valence-corrected chi connectivity index (χ0v) is 7.45. The topological polar surface area (TPSA) is 46.5 Å². The highest BCUT2D eigenvalue weighted by atomic mass is 16.5. The molecule has 0 aromatic rings. The number of carboxylic acid groups (broad SMARTS) is 1. The lowest BCUT2D eigenvalue weighted by Gasteiger charge is -2.06. The van der Waals surface area contributed by atoms with Crippen LogP contribution in [0.15, 0.2) is 12.7 Å². The molecule has 0 amide bonds. The lowest BCUT2D eigenvalue weighted by atomic mass is 10.2. The van der Waals surface area contributed by atoms with Crippen molar-refractivity contribution >= 4 is 5.97 Å². The van der Waals surface area contributed by atoms with Crippen LogP contribution in [0.5, 0.6) is 0 Å². The standard InChI is InChI=1S/C9H16O3/c1-3-4-5-6-7-12-8(2)9(10)11/h3,8H,1,4-7H2,2H3,(H,10,11)/t8-/m1/s1. The Kier molecular flexibility index (Phi) is 6.38. The summed E-state index contributed by atoms with van der Waals surface area (Å²) in [5.74, 6) is -0.904. The zero-order chi connectivity index (χ0) is 9.40. The van der Waals surface area contributed by atoms with Crippen LogP contribution in [-0.2, 0) is 9.53 Å². The molecule has 12 heavy (non-hydrogen) atoms. The third-order valence-electron chi connectivity index (χ3n) is 1.52. The molecule has 0 rings (SSSR count). The number of ether oxygens (including phenoxy) is 1. The van der Waals surface area contributed by atoms with E-state index in [1.165, 1.54) is 6.92 Å². The predicted molar refractivity (Wildman–Crippen MR) is 47.1 cm³/mol. The first-order valence-electron chi connectivity index (χ1n) is 4.13. The fourth-order valence-electron chi connectivity index (χ4n) is 0.722. The quantitative estimate of drug-likeness (QED) is 0.470. The van der Waals surface area contributed by atoms with Crippen molar-refractivity contribution in [3.63, 3.8) is 0 Å². The highest BCUT2D eigenvalue weighted by Gasteiger charge is 2.09. The summed E-state index contributed by atoms with van der Waals surface area (Å²) in [6, 6.07) is 0. The van der Waals surface area contributed by atoms with Gasteiger partial charge in [-0.25, -0.2) is 4.79 Å². The van der Waals surface area contributed by atoms with Gasteiger partial charge >= 0.3 is 5.97 Å². The summed E-state index contributed by atoms with van der Waals surface area (Å²) in [5, 5.41) is 8.44. The molecule has 0 radical (unpaired) electrons. The van der Waals surface area contributed by atoms with Crippen LogP contribution in [0.3, 0.4) is 0 Å². The molecule has 3 nitrogen and oxygen atoms in total. The van der Waals surface area contributed by atoms with Crippen molar-refractivity contribution in [3.05, 3.63) is 12.7 Å². The molecule has 0 fully saturated rings. The van der Waals surface area contributed by atoms with Gasteiger partial charge in [0.1, 0.15) is 0 Å². The van der Waals surface area contributed by atoms with Crippen molar-refractivity contribution in [1.82, 2.24) is 0 Å². The largest absolute Gasteiger partial charge is 0.479 e. The van der Waals surface area contributed by atoms with Crippen LogP contribution in [0.2, 0.25) is 0 Å². The summed E-state index contributed by atoms with van der Waals surface area (Å²) in [6.07, 6.45) is 4.03. The lowest BCUT2D eigenvalue weighted by molar-refractivity contribution is -0.149. The van der Waals surface area contributed by atoms with Gasteiger partial charge in [0, 0.05) is 6.61 Å². The molecule has 0 aliphatic heterocycles. The van der Waals surface area contributed by atoms with Gasteiger partial charge in [-0.15, -0.1) is 6.58 Å². The number of allylic oxidation sites excluding steroid dienone is 1. The minimum atomic E-state index is -0.904. The number of rotatable bonds is 7. The second-order valence-corrected chi connectivity index (χ2v) is 2.64. The summed E-state index contributed by atoms with van der Waals surface area (Å²) in [5.41, 5.74) is 0. The SMILES string of the molecule is C=CCCCCO[C@H](C)C(=O)O. The Bertz CT molecular complexity index is 143. The highest BCUT2D eigenvalue weighted by molar-refractivity contribution is 5.71. The number of carboxylic acids is 1. The first-order valence-corrected chi connectivity index (χ1v) is 4.13. The van der Waals surface area contributed by atoms with E-state index < -0.39 is 12.1 Å². The van der Waals surface area contributed by atoms with E-state index >= 15 is 0 Å². The van der Waals surface area contributed by atoms with E-state index in [1.807, 2.05) is 6.08 Å². The Morgan fingerprint density at radius 3 is 2.83 bits per heavy atom. The van der Waals surface area contributed by atoms with Crippen molar-refractivity contribution < 1.29 is 14.6 Å². The molecule has 0 aromatic carbocycles. The van der Waals surface area contributed by atoms with Crippen molar-refractivity contribution in [2.24, 2.45) is 0 Å². The number of unbranched alkanes of at least 4 members (excludes halogenated alkanes) is 2. The van der Waals surface area contributed by atoms with E-state index in [1.54, 1.807) is 0 Å². The highest BCUT2D eigenvalue weighted by Crippen LogP contribution is 1.98. The van der Waals surface area contributed by atoms with Gasteiger partial charge in [0.05, 0.1) is 0 Å². The van der Waals surface area contributed by atoms with E-state index in [4.69, 9.17) is 9.84 Å². The third-order valence-corrected chi connectivity index (χ3v) is 1.52. The van der Waals surface area contributed by atoms with Gasteiger partial charge in [0.15, 0.2) is 6.10 Å². The van der Waals surface area contributed by atoms with Crippen LogP contribution in [0, 0.1) is 0 Å². The van der Waals surface area contributed by atoms with Gasteiger partial charge < -0.3 is 9.84 Å². The predicted octanol–water partition coefficient (Wildman–Crippen LogP) is 1.83. The summed E-state index contributed by atoms with van der Waals surface area (Å²) in [7, 11) is 0. The first kappa shape index (κ1) is 11.2. The summed E-state index contributed by atoms with van der Waals surface area (Å²) in [4.78, 5) is 10.3. The molecule has 0 saturated heterocycles. The van der Waals surface area contributed by atoms with Gasteiger partial charge in [0.25, 0.3) is 0 Å². The molecule has 0 aliphatic rings. The molecule has 3 heteroatoms. The van der Waals surface area contributed by atoms with Gasteiger partial charge in [0.2, 0.25) is 0 Å². The maximum absolute atomic E-state index is 10.3. The minimum absolute atomic E-state index is 0.515. The van der Waals surface area contributed by atoms with E-state index in [0.29, 0.717) is 6.61 Å². The van der Waals surface area contributed by atoms with Crippen LogP contribution in [0.4, 0.5) is 0 Å². The Labute approximate surface area is 73.0 Å². The number of hydrogen-bond acceptors (Lipinski definition) is 2. The normalized spacial score (nSPS) is 12.4. The molecule has 0 aromatic heterocycles. The van der Waals surface area contributed by atoms with Crippen molar-refractivity contribution in [2.45, 2.75) is 32.3 Å². The van der Waals surface area contributed by atoms with Crippen LogP contribution in [-0.4, -0.2) is 23.8 Å². The molecular formula is C9H16O3. The van der Waals surface area contributed by atoms with Gasteiger partial charge in [-0.05, 0) is 26.2 Å². The van der Waals surface area contributed by atoms with Gasteiger partial charge in [-0.3, -0.25) is 0 Å². The second-order valence-electron chi connectivity index (χ2n) is 2.64. The third kappa shape index (κ3) is 5.92. The Hall–Kier alpha value is -0.830. The van der Waals surface area contributed by atoms with Gasteiger partial charge in [-0.1, -0.05) is 6.08 Å². The Balaban J connectivity index is 3.19. The molecule has 0 spiro atoms. The van der Waals surface area contributed by atoms with Crippen molar-refractivity contribution in [1.29, 1.82) is 0 Å². The monoisotopic (exact) mass is 172 g/mol. The summed E-state index contributed by atoms with van der Waals surface area (Å²) >= 11 is 0. The maximum atomic E-state index is 10.3. The first-order chi connectivity index (χ1) is 5.68. The molecule has 0 bridgehead atoms. The van der Waals surface area contributed by atoms with E-state index in [0.717, 1.165) is 19.3 Å². The van der Waals surface area contributed by atoms with E-state index in [-0.39, 0.29) is 0 Å². The number of hydrogen-bond donors (Lipinski definition) is 1. The van der Waals surface area contributed by atoms with Gasteiger partial charge in [-0.2, -0.15) is 0 Å². The molecule has 1 N–H and O–H groups in total. The van der Waals surface area contributed by atoms with Crippen LogP contribution >= 0.6 is 0 Å². The van der Waals surface area contributed by atoms with Crippen LogP contribution < -0.4 is 0 Å². The smallest absolute Gasteiger partial charge is 0.332 e. The fraction of sp³-hybridized carbons (Fsp3) is 0.667. The molecule has 1 atom stereocenters. The average molecular weight is 172 g/mol. The summed E-state index contributed by atoms with van der Waals surface area (Å²) < 4.78 is 5.02. The zero-order valence-electron chi connectivity index (χ0n) is 7.45. The van der Waals surface area contributed by atoms with Crippen LogP contribution in [0.25, 0.3) is 0 Å². The molecule has 0 saturated carbocycles. The molecule has 70 valence electrons. The van der Waals surface area contributed by atoms with Crippen LogP contribution in [0.1, 0.15) is 26.2 Å². The van der Waals surface area contributed by atoms with Crippen molar-refractivity contribution in [2.75, 3.05) is 6.61 Å². The molecule has 0 aliphatic carbocycles. The number of carbonyl (C=O) groups is 1. The number of aliphatic carboxylic acids is 1. The molecule has 0 unspecified atom stereocenters. The maximum Gasteiger partial charge on any atom is 0.332 e. The minimum Gasteiger partial charge on any atom is -0.479 e. The van der Waals surface area contributed by atoms with E-state index in [9.17, 15) is 4.79 Å². The summed E-state index contributed by atoms with van der Waals surface area (Å²) in [6.45, 7) is 5.64. The average Bonchev–Trinajstić information content (AvgIpc) is 2.03. The van der Waals surface area contributed by atoms with Crippen molar-refractivity contribution in [3.8, 4) is 0 Å².